The molecule has 1 saturated heterocycles. The molecular formula is C12H18N2O2S. The van der Waals surface area contributed by atoms with Gasteiger partial charge in [0.15, 0.2) is 0 Å². The lowest BCUT2D eigenvalue weighted by Crippen LogP contribution is -2.44. The Hall–Kier alpha value is -0.940. The summed E-state index contributed by atoms with van der Waals surface area (Å²) in [7, 11) is 0. The Kier molecular flexibility index (Phi) is 4.50. The molecular weight excluding hydrogens is 236 g/mol. The first-order valence-electron chi connectivity index (χ1n) is 5.88. The minimum absolute atomic E-state index is 0.00515. The monoisotopic (exact) mass is 254 g/mol. The van der Waals surface area contributed by atoms with E-state index in [2.05, 4.69) is 10.6 Å². The number of rotatable bonds is 6. The van der Waals surface area contributed by atoms with Gasteiger partial charge in [-0.1, -0.05) is 0 Å². The van der Waals surface area contributed by atoms with E-state index in [1.807, 2.05) is 19.1 Å². The number of amides is 1. The quantitative estimate of drug-likeness (QED) is 0.802. The Morgan fingerprint density at radius 2 is 2.53 bits per heavy atom. The maximum absolute atomic E-state index is 11.8. The second-order valence-electron chi connectivity index (χ2n) is 4.30. The third kappa shape index (κ3) is 3.78. The van der Waals surface area contributed by atoms with Gasteiger partial charge in [0, 0.05) is 0 Å². The van der Waals surface area contributed by atoms with E-state index in [1.54, 1.807) is 18.0 Å². The van der Waals surface area contributed by atoms with Crippen molar-refractivity contribution < 1.29 is 9.21 Å². The van der Waals surface area contributed by atoms with Gasteiger partial charge < -0.3 is 15.1 Å². The zero-order valence-electron chi connectivity index (χ0n) is 9.94. The Labute approximate surface area is 106 Å². The van der Waals surface area contributed by atoms with Gasteiger partial charge in [-0.3, -0.25) is 4.79 Å². The largest absolute Gasteiger partial charge is 0.467 e. The number of carbonyl (C=O) groups excluding carboxylic acids is 1. The first-order chi connectivity index (χ1) is 8.25. The number of hydrogen-bond donors (Lipinski definition) is 2. The molecule has 0 saturated carbocycles. The van der Waals surface area contributed by atoms with E-state index in [0.29, 0.717) is 6.54 Å². The summed E-state index contributed by atoms with van der Waals surface area (Å²) in [4.78, 5) is 11.8. The van der Waals surface area contributed by atoms with Gasteiger partial charge in [-0.2, -0.15) is 0 Å². The van der Waals surface area contributed by atoms with E-state index in [1.165, 1.54) is 0 Å². The standard InChI is InChI=1S/C12H18N2O2S/c1-9(17-8-10-5-13-6-10)12(15)14-7-11-3-2-4-16-11/h2-4,9-10,13H,5-8H2,1H3,(H,14,15). The van der Waals surface area contributed by atoms with Crippen molar-refractivity contribution in [1.29, 1.82) is 0 Å². The zero-order valence-corrected chi connectivity index (χ0v) is 10.8. The zero-order chi connectivity index (χ0) is 12.1. The smallest absolute Gasteiger partial charge is 0.233 e. The fourth-order valence-corrected chi connectivity index (χ4v) is 2.58. The molecule has 2 heterocycles. The van der Waals surface area contributed by atoms with Crippen molar-refractivity contribution in [2.24, 2.45) is 5.92 Å². The predicted molar refractivity (Wildman–Crippen MR) is 68.8 cm³/mol. The molecule has 2 rings (SSSR count). The fourth-order valence-electron chi connectivity index (χ4n) is 1.55. The summed E-state index contributed by atoms with van der Waals surface area (Å²) < 4.78 is 5.16. The first-order valence-corrected chi connectivity index (χ1v) is 6.93. The molecule has 2 N–H and O–H groups in total. The molecule has 0 radical (unpaired) electrons. The Balaban J connectivity index is 1.64. The second kappa shape index (κ2) is 6.12. The van der Waals surface area contributed by atoms with Gasteiger partial charge in [-0.25, -0.2) is 0 Å². The van der Waals surface area contributed by atoms with Crippen LogP contribution in [0, 0.1) is 5.92 Å². The normalized spacial score (nSPS) is 17.5. The van der Waals surface area contributed by atoms with Crippen LogP contribution in [0.25, 0.3) is 0 Å². The molecule has 0 aromatic carbocycles. The molecule has 1 amide bonds. The summed E-state index contributed by atoms with van der Waals surface area (Å²) in [6.45, 7) is 4.61. The van der Waals surface area contributed by atoms with Crippen molar-refractivity contribution in [2.45, 2.75) is 18.7 Å². The van der Waals surface area contributed by atoms with Crippen LogP contribution in [0.2, 0.25) is 0 Å². The Bertz CT molecular complexity index is 349. The highest BCUT2D eigenvalue weighted by Gasteiger charge is 2.20. The highest BCUT2D eigenvalue weighted by atomic mass is 32.2. The van der Waals surface area contributed by atoms with Crippen molar-refractivity contribution in [3.05, 3.63) is 24.2 Å². The number of thioether (sulfide) groups is 1. The van der Waals surface area contributed by atoms with E-state index in [-0.39, 0.29) is 11.2 Å². The van der Waals surface area contributed by atoms with Crippen molar-refractivity contribution >= 4 is 17.7 Å². The Morgan fingerprint density at radius 3 is 3.12 bits per heavy atom. The van der Waals surface area contributed by atoms with Gasteiger partial charge in [0.1, 0.15) is 5.76 Å². The molecule has 0 spiro atoms. The van der Waals surface area contributed by atoms with Crippen molar-refractivity contribution in [3.8, 4) is 0 Å². The van der Waals surface area contributed by atoms with E-state index in [0.717, 1.165) is 30.5 Å². The lowest BCUT2D eigenvalue weighted by molar-refractivity contribution is -0.120. The third-order valence-electron chi connectivity index (χ3n) is 2.83. The first kappa shape index (κ1) is 12.5. The third-order valence-corrected chi connectivity index (χ3v) is 4.21. The van der Waals surface area contributed by atoms with Gasteiger partial charge in [-0.15, -0.1) is 11.8 Å². The van der Waals surface area contributed by atoms with E-state index >= 15 is 0 Å². The highest BCUT2D eigenvalue weighted by molar-refractivity contribution is 8.00. The molecule has 1 fully saturated rings. The van der Waals surface area contributed by atoms with Gasteiger partial charge >= 0.3 is 0 Å². The molecule has 1 aromatic rings. The SMILES string of the molecule is CC(SCC1CNC1)C(=O)NCc1ccco1. The number of nitrogens with one attached hydrogen (secondary N) is 2. The molecule has 1 aromatic heterocycles. The van der Waals surface area contributed by atoms with Crippen LogP contribution in [0.4, 0.5) is 0 Å². The fraction of sp³-hybridized carbons (Fsp3) is 0.583. The molecule has 94 valence electrons. The molecule has 17 heavy (non-hydrogen) atoms. The lowest BCUT2D eigenvalue weighted by Gasteiger charge is -2.27. The average molecular weight is 254 g/mol. The van der Waals surface area contributed by atoms with E-state index in [9.17, 15) is 4.79 Å². The van der Waals surface area contributed by atoms with Gasteiger partial charge in [0.05, 0.1) is 18.1 Å². The van der Waals surface area contributed by atoms with Gasteiger partial charge in [-0.05, 0) is 43.8 Å². The summed E-state index contributed by atoms with van der Waals surface area (Å²) in [5.74, 6) is 2.67. The molecule has 1 aliphatic rings. The maximum atomic E-state index is 11.8. The number of carbonyl (C=O) groups is 1. The van der Waals surface area contributed by atoms with Gasteiger partial charge in [0.25, 0.3) is 0 Å². The summed E-state index contributed by atoms with van der Waals surface area (Å²) in [5.41, 5.74) is 0. The lowest BCUT2D eigenvalue weighted by atomic mass is 10.1. The maximum Gasteiger partial charge on any atom is 0.233 e. The van der Waals surface area contributed by atoms with Gasteiger partial charge in [0.2, 0.25) is 5.91 Å². The average Bonchev–Trinajstić information content (AvgIpc) is 2.76. The van der Waals surface area contributed by atoms with Crippen LogP contribution in [-0.2, 0) is 11.3 Å². The van der Waals surface area contributed by atoms with E-state index < -0.39 is 0 Å². The van der Waals surface area contributed by atoms with Crippen LogP contribution >= 0.6 is 11.8 Å². The summed E-state index contributed by atoms with van der Waals surface area (Å²) in [6, 6.07) is 3.68. The summed E-state index contributed by atoms with van der Waals surface area (Å²) in [5, 5.41) is 6.11. The van der Waals surface area contributed by atoms with Crippen LogP contribution in [-0.4, -0.2) is 30.0 Å². The van der Waals surface area contributed by atoms with Crippen molar-refractivity contribution in [2.75, 3.05) is 18.8 Å². The second-order valence-corrected chi connectivity index (χ2v) is 5.67. The minimum atomic E-state index is 0.00515. The number of hydrogen-bond acceptors (Lipinski definition) is 4. The van der Waals surface area contributed by atoms with Crippen LogP contribution in [0.1, 0.15) is 12.7 Å². The summed E-state index contributed by atoms with van der Waals surface area (Å²) in [6.07, 6.45) is 1.61. The van der Waals surface area contributed by atoms with Crippen molar-refractivity contribution in [1.82, 2.24) is 10.6 Å². The molecule has 1 unspecified atom stereocenters. The topological polar surface area (TPSA) is 54.3 Å². The van der Waals surface area contributed by atoms with Crippen LogP contribution < -0.4 is 10.6 Å². The molecule has 5 heteroatoms. The Morgan fingerprint density at radius 1 is 1.71 bits per heavy atom. The van der Waals surface area contributed by atoms with Crippen LogP contribution in [0.15, 0.2) is 22.8 Å². The predicted octanol–water partition coefficient (Wildman–Crippen LogP) is 1.24. The van der Waals surface area contributed by atoms with Crippen LogP contribution in [0.5, 0.6) is 0 Å². The minimum Gasteiger partial charge on any atom is -0.467 e. The highest BCUT2D eigenvalue weighted by Crippen LogP contribution is 2.17. The molecule has 0 aliphatic carbocycles. The van der Waals surface area contributed by atoms with E-state index in [4.69, 9.17) is 4.42 Å². The van der Waals surface area contributed by atoms with Crippen LogP contribution in [0.3, 0.4) is 0 Å². The molecule has 1 aliphatic heterocycles. The summed E-state index contributed by atoms with van der Waals surface area (Å²) >= 11 is 1.72. The number of furan rings is 1. The van der Waals surface area contributed by atoms with Crippen molar-refractivity contribution in [3.63, 3.8) is 0 Å². The molecule has 1 atom stereocenters. The molecule has 4 nitrogen and oxygen atoms in total. The molecule has 0 bridgehead atoms.